The Labute approximate surface area is 144 Å². The molecule has 1 unspecified atom stereocenters. The normalized spacial score (nSPS) is 19.0. The number of hydrogen-bond acceptors (Lipinski definition) is 8. The Morgan fingerprint density at radius 1 is 1.44 bits per heavy atom. The number of nitrogens with one attached hydrogen (secondary N) is 2. The van der Waals surface area contributed by atoms with Gasteiger partial charge in [-0.05, 0) is 31.5 Å². The van der Waals surface area contributed by atoms with Gasteiger partial charge in [0.1, 0.15) is 0 Å². The molecule has 1 saturated heterocycles. The number of rotatable bonds is 6. The zero-order valence-electron chi connectivity index (χ0n) is 13.6. The predicted octanol–water partition coefficient (Wildman–Crippen LogP) is 0.282. The van der Waals surface area contributed by atoms with Crippen molar-refractivity contribution in [3.05, 3.63) is 18.4 Å². The molecule has 25 heavy (non-hydrogen) atoms. The number of likely N-dealkylation sites (tertiary alicyclic amines) is 1. The van der Waals surface area contributed by atoms with Gasteiger partial charge in [-0.15, -0.1) is 5.10 Å². The number of furan rings is 1. The topological polar surface area (TPSA) is 131 Å². The minimum Gasteiger partial charge on any atom is -0.459 e. The van der Waals surface area contributed by atoms with Gasteiger partial charge in [-0.25, -0.2) is 13.1 Å². The summed E-state index contributed by atoms with van der Waals surface area (Å²) in [5.41, 5.74) is 0. The van der Waals surface area contributed by atoms with E-state index in [0.717, 1.165) is 25.6 Å². The van der Waals surface area contributed by atoms with Gasteiger partial charge < -0.3 is 8.83 Å². The fourth-order valence-corrected chi connectivity index (χ4v) is 3.53. The van der Waals surface area contributed by atoms with Crippen molar-refractivity contribution in [2.45, 2.75) is 18.9 Å². The lowest BCUT2D eigenvalue weighted by atomic mass is 10.1. The molecule has 2 N–H and O–H groups in total. The van der Waals surface area contributed by atoms with Gasteiger partial charge in [-0.2, -0.15) is 0 Å². The van der Waals surface area contributed by atoms with Crippen LogP contribution in [0, 0.1) is 0 Å². The number of aromatic nitrogens is 2. The average Bonchev–Trinajstić information content (AvgIpc) is 3.16. The van der Waals surface area contributed by atoms with Gasteiger partial charge in [-0.3, -0.25) is 15.0 Å². The third-order valence-corrected chi connectivity index (χ3v) is 4.42. The second-order valence-corrected chi connectivity index (χ2v) is 7.68. The molecule has 11 heteroatoms. The van der Waals surface area contributed by atoms with E-state index in [1.807, 2.05) is 4.90 Å². The van der Waals surface area contributed by atoms with Gasteiger partial charge >= 0.3 is 6.01 Å². The summed E-state index contributed by atoms with van der Waals surface area (Å²) in [5, 5.41) is 10.1. The van der Waals surface area contributed by atoms with E-state index in [0.29, 0.717) is 12.3 Å². The molecule has 0 radical (unpaired) electrons. The third-order valence-electron chi connectivity index (χ3n) is 3.66. The molecule has 1 atom stereocenters. The van der Waals surface area contributed by atoms with E-state index in [2.05, 4.69) is 20.2 Å². The number of carbonyl (C=O) groups excluding carboxylic acids is 1. The fraction of sp³-hybridized carbons (Fsp3) is 0.500. The summed E-state index contributed by atoms with van der Waals surface area (Å²) in [4.78, 5) is 14.0. The number of piperidine rings is 1. The highest BCUT2D eigenvalue weighted by Crippen LogP contribution is 2.19. The maximum Gasteiger partial charge on any atom is 0.322 e. The lowest BCUT2D eigenvalue weighted by Crippen LogP contribution is -2.49. The molecule has 2 aromatic rings. The van der Waals surface area contributed by atoms with Crippen LogP contribution in [-0.2, 0) is 14.8 Å². The lowest BCUT2D eigenvalue weighted by molar-refractivity contribution is -0.117. The van der Waals surface area contributed by atoms with Crippen LogP contribution < -0.4 is 10.0 Å². The van der Waals surface area contributed by atoms with Gasteiger partial charge in [0.15, 0.2) is 5.76 Å². The Hall–Kier alpha value is -2.24. The van der Waals surface area contributed by atoms with E-state index < -0.39 is 10.0 Å². The van der Waals surface area contributed by atoms with E-state index in [1.54, 1.807) is 12.1 Å². The molecular weight excluding hydrogens is 350 g/mol. The number of nitrogens with zero attached hydrogens (tertiary/aromatic N) is 3. The summed E-state index contributed by atoms with van der Waals surface area (Å²) in [6.07, 6.45) is 4.17. The van der Waals surface area contributed by atoms with Crippen LogP contribution in [0.15, 0.2) is 27.2 Å². The monoisotopic (exact) mass is 369 g/mol. The maximum atomic E-state index is 12.1. The van der Waals surface area contributed by atoms with Crippen molar-refractivity contribution in [1.29, 1.82) is 0 Å². The third kappa shape index (κ3) is 5.11. The molecule has 3 rings (SSSR count). The summed E-state index contributed by atoms with van der Waals surface area (Å²) < 4.78 is 35.7. The first-order valence-corrected chi connectivity index (χ1v) is 9.65. The quantitative estimate of drug-likeness (QED) is 0.742. The molecule has 1 aliphatic heterocycles. The number of hydrogen-bond donors (Lipinski definition) is 2. The smallest absolute Gasteiger partial charge is 0.322 e. The second-order valence-electron chi connectivity index (χ2n) is 5.90. The molecule has 0 aliphatic carbocycles. The molecule has 1 fully saturated rings. The molecule has 0 saturated carbocycles. The van der Waals surface area contributed by atoms with Crippen LogP contribution in [0.5, 0.6) is 0 Å². The van der Waals surface area contributed by atoms with Crippen LogP contribution in [0.2, 0.25) is 0 Å². The molecule has 10 nitrogen and oxygen atoms in total. The summed E-state index contributed by atoms with van der Waals surface area (Å²) in [6, 6.07) is 3.15. The van der Waals surface area contributed by atoms with Crippen molar-refractivity contribution in [1.82, 2.24) is 19.8 Å². The van der Waals surface area contributed by atoms with Gasteiger partial charge in [0, 0.05) is 12.6 Å². The van der Waals surface area contributed by atoms with E-state index in [9.17, 15) is 13.2 Å². The Morgan fingerprint density at radius 2 is 2.28 bits per heavy atom. The molecule has 2 aromatic heterocycles. The average molecular weight is 369 g/mol. The number of amides is 1. The van der Waals surface area contributed by atoms with Crippen molar-refractivity contribution in [3.63, 3.8) is 0 Å². The fourth-order valence-electron chi connectivity index (χ4n) is 2.73. The Kier molecular flexibility index (Phi) is 5.16. The molecule has 0 spiro atoms. The van der Waals surface area contributed by atoms with Crippen LogP contribution in [0.1, 0.15) is 12.8 Å². The zero-order chi connectivity index (χ0) is 17.9. The Morgan fingerprint density at radius 3 is 3.00 bits per heavy atom. The number of sulfonamides is 1. The van der Waals surface area contributed by atoms with Crippen LogP contribution >= 0.6 is 0 Å². The Bertz CT molecular complexity index is 817. The molecule has 1 amide bonds. The van der Waals surface area contributed by atoms with Crippen molar-refractivity contribution in [2.24, 2.45) is 0 Å². The Balaban J connectivity index is 1.52. The van der Waals surface area contributed by atoms with E-state index >= 15 is 0 Å². The van der Waals surface area contributed by atoms with Gasteiger partial charge in [0.2, 0.25) is 15.9 Å². The lowest BCUT2D eigenvalue weighted by Gasteiger charge is -2.31. The van der Waals surface area contributed by atoms with Gasteiger partial charge in [0.25, 0.3) is 5.89 Å². The molecule has 1 aliphatic rings. The highest BCUT2D eigenvalue weighted by molar-refractivity contribution is 7.88. The minimum atomic E-state index is -3.26. The van der Waals surface area contributed by atoms with Crippen LogP contribution in [0.25, 0.3) is 11.7 Å². The largest absolute Gasteiger partial charge is 0.459 e. The van der Waals surface area contributed by atoms with E-state index in [4.69, 9.17) is 8.83 Å². The summed E-state index contributed by atoms with van der Waals surface area (Å²) in [7, 11) is -3.26. The second kappa shape index (κ2) is 7.33. The van der Waals surface area contributed by atoms with Crippen molar-refractivity contribution >= 4 is 21.9 Å². The van der Waals surface area contributed by atoms with Crippen LogP contribution in [0.4, 0.5) is 6.01 Å². The van der Waals surface area contributed by atoms with Crippen LogP contribution in [-0.4, -0.2) is 61.4 Å². The first kappa shape index (κ1) is 17.6. The standard InChI is InChI=1S/C14H19N5O5S/c1-25(21,22)18-10-4-2-6-19(8-10)9-12(20)15-14-17-16-13(24-14)11-5-3-7-23-11/h3,5,7,10,18H,2,4,6,8-9H2,1H3,(H,15,17,20). The first-order valence-electron chi connectivity index (χ1n) is 7.76. The van der Waals surface area contributed by atoms with E-state index in [-0.39, 0.29) is 30.4 Å². The summed E-state index contributed by atoms with van der Waals surface area (Å²) in [5.74, 6) is 0.282. The van der Waals surface area contributed by atoms with Crippen molar-refractivity contribution < 1.29 is 22.0 Å². The number of carbonyl (C=O) groups is 1. The van der Waals surface area contributed by atoms with Gasteiger partial charge in [-0.1, -0.05) is 5.10 Å². The number of anilines is 1. The summed E-state index contributed by atoms with van der Waals surface area (Å²) >= 11 is 0. The molecule has 0 aromatic carbocycles. The van der Waals surface area contributed by atoms with Crippen molar-refractivity contribution in [3.8, 4) is 11.7 Å². The molecule has 136 valence electrons. The first-order chi connectivity index (χ1) is 11.9. The SMILES string of the molecule is CS(=O)(=O)NC1CCCN(CC(=O)Nc2nnc(-c3ccco3)o2)C1. The minimum absolute atomic E-state index is 0.0146. The molecular formula is C14H19N5O5S. The van der Waals surface area contributed by atoms with E-state index in [1.165, 1.54) is 6.26 Å². The van der Waals surface area contributed by atoms with Crippen LogP contribution in [0.3, 0.4) is 0 Å². The maximum absolute atomic E-state index is 12.1. The van der Waals surface area contributed by atoms with Gasteiger partial charge in [0.05, 0.1) is 19.1 Å². The van der Waals surface area contributed by atoms with Crippen molar-refractivity contribution in [2.75, 3.05) is 31.2 Å². The molecule has 0 bridgehead atoms. The predicted molar refractivity (Wildman–Crippen MR) is 88.1 cm³/mol. The molecule has 3 heterocycles. The zero-order valence-corrected chi connectivity index (χ0v) is 14.5. The summed E-state index contributed by atoms with van der Waals surface area (Å²) in [6.45, 7) is 1.30. The highest BCUT2D eigenvalue weighted by Gasteiger charge is 2.24. The highest BCUT2D eigenvalue weighted by atomic mass is 32.2.